The SMILES string of the molecule is COC(=O)/C=C\C(=O)NCCCCCCN1CCCC1=O. The first-order valence-corrected chi connectivity index (χ1v) is 7.45. The van der Waals surface area contributed by atoms with Gasteiger partial charge >= 0.3 is 5.97 Å². The van der Waals surface area contributed by atoms with Gasteiger partial charge in [0.05, 0.1) is 7.11 Å². The van der Waals surface area contributed by atoms with E-state index in [1.165, 1.54) is 13.2 Å². The Labute approximate surface area is 125 Å². The van der Waals surface area contributed by atoms with Crippen molar-refractivity contribution in [3.05, 3.63) is 12.2 Å². The van der Waals surface area contributed by atoms with Gasteiger partial charge < -0.3 is 15.0 Å². The third-order valence-electron chi connectivity index (χ3n) is 3.40. The molecule has 0 aromatic carbocycles. The number of nitrogens with zero attached hydrogens (tertiary/aromatic N) is 1. The number of nitrogens with one attached hydrogen (secondary N) is 1. The van der Waals surface area contributed by atoms with Crippen molar-refractivity contribution in [3.63, 3.8) is 0 Å². The van der Waals surface area contributed by atoms with Gasteiger partial charge in [0.25, 0.3) is 0 Å². The maximum Gasteiger partial charge on any atom is 0.330 e. The van der Waals surface area contributed by atoms with Crippen LogP contribution in [-0.2, 0) is 19.1 Å². The summed E-state index contributed by atoms with van der Waals surface area (Å²) in [6.07, 6.45) is 7.94. The molecule has 118 valence electrons. The molecule has 1 aliphatic rings. The standard InChI is InChI=1S/C15H24N2O4/c1-21-15(20)9-8-13(18)16-10-4-2-3-5-11-17-12-6-7-14(17)19/h8-9H,2-7,10-12H2,1H3,(H,16,18)/b9-8-. The van der Waals surface area contributed by atoms with Gasteiger partial charge in [-0.15, -0.1) is 0 Å². The van der Waals surface area contributed by atoms with E-state index in [9.17, 15) is 14.4 Å². The van der Waals surface area contributed by atoms with Gasteiger partial charge in [-0.3, -0.25) is 9.59 Å². The molecule has 0 spiro atoms. The van der Waals surface area contributed by atoms with E-state index < -0.39 is 5.97 Å². The van der Waals surface area contributed by atoms with Crippen molar-refractivity contribution in [3.8, 4) is 0 Å². The number of hydrogen-bond acceptors (Lipinski definition) is 4. The van der Waals surface area contributed by atoms with Gasteiger partial charge in [0.1, 0.15) is 0 Å². The minimum absolute atomic E-state index is 0.277. The topological polar surface area (TPSA) is 75.7 Å². The Kier molecular flexibility index (Phi) is 8.16. The van der Waals surface area contributed by atoms with Gasteiger partial charge in [-0.1, -0.05) is 12.8 Å². The summed E-state index contributed by atoms with van der Waals surface area (Å²) < 4.78 is 4.39. The molecule has 6 heteroatoms. The molecule has 0 radical (unpaired) electrons. The summed E-state index contributed by atoms with van der Waals surface area (Å²) in [6, 6.07) is 0. The van der Waals surface area contributed by atoms with E-state index in [4.69, 9.17) is 0 Å². The van der Waals surface area contributed by atoms with E-state index in [-0.39, 0.29) is 11.8 Å². The van der Waals surface area contributed by atoms with Gasteiger partial charge in [0.2, 0.25) is 11.8 Å². The zero-order valence-corrected chi connectivity index (χ0v) is 12.6. The summed E-state index contributed by atoms with van der Waals surface area (Å²) in [5, 5.41) is 2.70. The largest absolute Gasteiger partial charge is 0.466 e. The molecule has 0 aromatic heterocycles. The minimum atomic E-state index is -0.540. The highest BCUT2D eigenvalue weighted by atomic mass is 16.5. The summed E-state index contributed by atoms with van der Waals surface area (Å²) in [7, 11) is 1.26. The number of unbranched alkanes of at least 4 members (excludes halogenated alkanes) is 3. The second-order valence-electron chi connectivity index (χ2n) is 5.05. The van der Waals surface area contributed by atoms with Crippen molar-refractivity contribution in [2.24, 2.45) is 0 Å². The first kappa shape index (κ1) is 17.2. The van der Waals surface area contributed by atoms with Crippen molar-refractivity contribution < 1.29 is 19.1 Å². The van der Waals surface area contributed by atoms with Crippen LogP contribution in [0.4, 0.5) is 0 Å². The molecule has 6 nitrogen and oxygen atoms in total. The second kappa shape index (κ2) is 9.96. The smallest absolute Gasteiger partial charge is 0.330 e. The van der Waals surface area contributed by atoms with E-state index in [0.717, 1.165) is 51.3 Å². The molecule has 2 amide bonds. The quantitative estimate of drug-likeness (QED) is 0.391. The molecule has 0 unspecified atom stereocenters. The van der Waals surface area contributed by atoms with Gasteiger partial charge in [0.15, 0.2) is 0 Å². The molecule has 1 rings (SSSR count). The lowest BCUT2D eigenvalue weighted by molar-refractivity contribution is -0.135. The number of carbonyl (C=O) groups excluding carboxylic acids is 3. The molecule has 0 atom stereocenters. The monoisotopic (exact) mass is 296 g/mol. The average molecular weight is 296 g/mol. The van der Waals surface area contributed by atoms with Gasteiger partial charge in [-0.25, -0.2) is 4.79 Å². The molecule has 0 saturated carbocycles. The Morgan fingerprint density at radius 3 is 2.67 bits per heavy atom. The van der Waals surface area contributed by atoms with Crippen LogP contribution >= 0.6 is 0 Å². The Morgan fingerprint density at radius 2 is 2.00 bits per heavy atom. The second-order valence-corrected chi connectivity index (χ2v) is 5.05. The molecule has 1 fully saturated rings. The Bertz CT molecular complexity index is 393. The molecule has 0 aliphatic carbocycles. The third-order valence-corrected chi connectivity index (χ3v) is 3.40. The third kappa shape index (κ3) is 7.48. The van der Waals surface area contributed by atoms with Gasteiger partial charge in [-0.2, -0.15) is 0 Å². The average Bonchev–Trinajstić information content (AvgIpc) is 2.89. The van der Waals surface area contributed by atoms with Crippen LogP contribution in [0.15, 0.2) is 12.2 Å². The van der Waals surface area contributed by atoms with Crippen molar-refractivity contribution in [2.45, 2.75) is 38.5 Å². The number of likely N-dealkylation sites (tertiary alicyclic amines) is 1. The Morgan fingerprint density at radius 1 is 1.24 bits per heavy atom. The normalized spacial score (nSPS) is 14.7. The highest BCUT2D eigenvalue weighted by Crippen LogP contribution is 2.11. The number of amides is 2. The van der Waals surface area contributed by atoms with Crippen LogP contribution in [-0.4, -0.2) is 49.4 Å². The van der Waals surface area contributed by atoms with E-state index >= 15 is 0 Å². The zero-order valence-electron chi connectivity index (χ0n) is 12.6. The lowest BCUT2D eigenvalue weighted by Gasteiger charge is -2.14. The summed E-state index contributed by atoms with van der Waals surface area (Å²) >= 11 is 0. The molecule has 1 saturated heterocycles. The van der Waals surface area contributed by atoms with Gasteiger partial charge in [-0.05, 0) is 19.3 Å². The maximum atomic E-state index is 11.4. The van der Waals surface area contributed by atoms with Crippen LogP contribution in [0, 0.1) is 0 Å². The molecule has 0 bridgehead atoms. The molecule has 1 aliphatic heterocycles. The lowest BCUT2D eigenvalue weighted by Crippen LogP contribution is -2.25. The fraction of sp³-hybridized carbons (Fsp3) is 0.667. The van der Waals surface area contributed by atoms with E-state index in [1.54, 1.807) is 0 Å². The molecule has 21 heavy (non-hydrogen) atoms. The van der Waals surface area contributed by atoms with Crippen molar-refractivity contribution >= 4 is 17.8 Å². The zero-order chi connectivity index (χ0) is 15.5. The Hall–Kier alpha value is -1.85. The summed E-state index contributed by atoms with van der Waals surface area (Å²) in [5.74, 6) is -0.552. The van der Waals surface area contributed by atoms with Crippen LogP contribution in [0.2, 0.25) is 0 Å². The molecule has 0 aromatic rings. The number of ether oxygens (including phenoxy) is 1. The molecule has 1 N–H and O–H groups in total. The predicted octanol–water partition coefficient (Wildman–Crippen LogP) is 1.01. The van der Waals surface area contributed by atoms with Crippen LogP contribution < -0.4 is 5.32 Å². The van der Waals surface area contributed by atoms with Crippen LogP contribution in [0.25, 0.3) is 0 Å². The summed E-state index contributed by atoms with van der Waals surface area (Å²) in [5.41, 5.74) is 0. The number of rotatable bonds is 9. The molecular formula is C15H24N2O4. The predicted molar refractivity (Wildman–Crippen MR) is 78.4 cm³/mol. The van der Waals surface area contributed by atoms with Crippen LogP contribution in [0.5, 0.6) is 0 Å². The fourth-order valence-corrected chi connectivity index (χ4v) is 2.20. The first-order valence-electron chi connectivity index (χ1n) is 7.45. The van der Waals surface area contributed by atoms with E-state index in [0.29, 0.717) is 13.0 Å². The van der Waals surface area contributed by atoms with Gasteiger partial charge in [0, 0.05) is 38.2 Å². The number of methoxy groups -OCH3 is 1. The molecular weight excluding hydrogens is 272 g/mol. The maximum absolute atomic E-state index is 11.4. The highest BCUT2D eigenvalue weighted by Gasteiger charge is 2.18. The molecule has 1 heterocycles. The highest BCUT2D eigenvalue weighted by molar-refractivity contribution is 5.94. The summed E-state index contributed by atoms with van der Waals surface area (Å²) in [4.78, 5) is 35.4. The fourth-order valence-electron chi connectivity index (χ4n) is 2.20. The summed E-state index contributed by atoms with van der Waals surface area (Å²) in [6.45, 7) is 2.35. The Balaban J connectivity index is 1.94. The van der Waals surface area contributed by atoms with Crippen LogP contribution in [0.1, 0.15) is 38.5 Å². The number of esters is 1. The van der Waals surface area contributed by atoms with Crippen molar-refractivity contribution in [2.75, 3.05) is 26.7 Å². The van der Waals surface area contributed by atoms with E-state index in [2.05, 4.69) is 10.1 Å². The number of carbonyl (C=O) groups is 3. The number of hydrogen-bond donors (Lipinski definition) is 1. The van der Waals surface area contributed by atoms with E-state index in [1.807, 2.05) is 4.90 Å². The van der Waals surface area contributed by atoms with Crippen molar-refractivity contribution in [1.29, 1.82) is 0 Å². The van der Waals surface area contributed by atoms with Crippen LogP contribution in [0.3, 0.4) is 0 Å². The minimum Gasteiger partial charge on any atom is -0.466 e. The lowest BCUT2D eigenvalue weighted by atomic mass is 10.2. The van der Waals surface area contributed by atoms with Crippen molar-refractivity contribution in [1.82, 2.24) is 10.2 Å². The first-order chi connectivity index (χ1) is 10.1.